The topological polar surface area (TPSA) is 63.0 Å². The van der Waals surface area contributed by atoms with E-state index in [9.17, 15) is 4.39 Å². The van der Waals surface area contributed by atoms with Gasteiger partial charge in [0, 0.05) is 11.6 Å². The van der Waals surface area contributed by atoms with Crippen LogP contribution in [-0.2, 0) is 0 Å². The van der Waals surface area contributed by atoms with E-state index in [1.807, 2.05) is 6.92 Å². The van der Waals surface area contributed by atoms with E-state index < -0.39 is 0 Å². The van der Waals surface area contributed by atoms with Gasteiger partial charge in [0.15, 0.2) is 5.11 Å². The third-order valence-electron chi connectivity index (χ3n) is 5.32. The lowest BCUT2D eigenvalue weighted by Crippen LogP contribution is -2.44. The lowest BCUT2D eigenvalue weighted by atomic mass is 9.95. The van der Waals surface area contributed by atoms with Gasteiger partial charge in [0.1, 0.15) is 11.9 Å². The molecule has 2 aliphatic rings. The zero-order valence-corrected chi connectivity index (χ0v) is 14.9. The minimum atomic E-state index is -0.292. The van der Waals surface area contributed by atoms with Crippen LogP contribution in [0.3, 0.4) is 0 Å². The fourth-order valence-corrected chi connectivity index (χ4v) is 4.35. The van der Waals surface area contributed by atoms with Crippen molar-refractivity contribution >= 4 is 17.3 Å². The zero-order valence-electron chi connectivity index (χ0n) is 14.0. The summed E-state index contributed by atoms with van der Waals surface area (Å²) < 4.78 is 18.3. The third-order valence-corrected chi connectivity index (χ3v) is 5.55. The molecule has 5 nitrogen and oxygen atoms in total. The van der Waals surface area contributed by atoms with E-state index in [0.717, 1.165) is 11.8 Å². The van der Waals surface area contributed by atoms with Gasteiger partial charge in [-0.1, -0.05) is 11.6 Å². The van der Waals surface area contributed by atoms with Crippen LogP contribution >= 0.6 is 12.2 Å². The van der Waals surface area contributed by atoms with E-state index in [1.165, 1.54) is 37.8 Å². The van der Waals surface area contributed by atoms with Crippen molar-refractivity contribution in [1.29, 1.82) is 0 Å². The summed E-state index contributed by atoms with van der Waals surface area (Å²) in [4.78, 5) is 4.38. The number of nitrogens with one attached hydrogen (secondary N) is 2. The van der Waals surface area contributed by atoms with Gasteiger partial charge in [-0.25, -0.2) is 4.39 Å². The summed E-state index contributed by atoms with van der Waals surface area (Å²) in [6.07, 6.45) is 5.23. The lowest BCUT2D eigenvalue weighted by molar-refractivity contribution is 0.350. The van der Waals surface area contributed by atoms with Gasteiger partial charge in [-0.15, -0.1) is 0 Å². The molecule has 132 valence electrons. The van der Waals surface area contributed by atoms with Crippen LogP contribution in [0.5, 0.6) is 0 Å². The molecular weight excluding hydrogens is 339 g/mol. The van der Waals surface area contributed by atoms with Crippen molar-refractivity contribution in [2.75, 3.05) is 0 Å². The Hall–Kier alpha value is -2.02. The van der Waals surface area contributed by atoms with Crippen LogP contribution in [-0.4, -0.2) is 21.3 Å². The number of thiocarbonyl (C=S) groups is 1. The molecule has 0 radical (unpaired) electrons. The van der Waals surface area contributed by atoms with Crippen LogP contribution in [0.25, 0.3) is 11.4 Å². The molecule has 2 aliphatic carbocycles. The minimum absolute atomic E-state index is 0.194. The first-order chi connectivity index (χ1) is 12.1. The van der Waals surface area contributed by atoms with E-state index in [1.54, 1.807) is 12.1 Å². The quantitative estimate of drug-likeness (QED) is 0.813. The largest absolute Gasteiger partial charge is 0.360 e. The third kappa shape index (κ3) is 3.51. The van der Waals surface area contributed by atoms with Crippen molar-refractivity contribution in [3.8, 4) is 11.4 Å². The average molecular weight is 360 g/mol. The maximum atomic E-state index is 13.0. The van der Waals surface area contributed by atoms with Gasteiger partial charge in [-0.05, 0) is 74.5 Å². The summed E-state index contributed by atoms with van der Waals surface area (Å²) in [5, 5.41) is 11.3. The monoisotopic (exact) mass is 360 g/mol. The number of benzene rings is 1. The Morgan fingerprint density at radius 3 is 2.76 bits per heavy atom. The maximum Gasteiger partial charge on any atom is 0.249 e. The molecule has 2 aromatic rings. The van der Waals surface area contributed by atoms with Crippen molar-refractivity contribution in [2.45, 2.75) is 44.7 Å². The molecule has 0 aliphatic heterocycles. The van der Waals surface area contributed by atoms with Crippen molar-refractivity contribution in [2.24, 2.45) is 11.8 Å². The van der Waals surface area contributed by atoms with Gasteiger partial charge >= 0.3 is 0 Å². The standard InChI is InChI=1S/C18H21FN4OS/c1-10(20-18(25)21-15-9-11-2-3-13(15)8-11)17-22-16(23-24-17)12-4-6-14(19)7-5-12/h4-7,10-11,13,15H,2-3,8-9H2,1H3,(H2,20,21,25)/t10-,11-,13-,15-/m0/s1. The van der Waals surface area contributed by atoms with Gasteiger partial charge in [0.25, 0.3) is 0 Å². The summed E-state index contributed by atoms with van der Waals surface area (Å²) in [5.41, 5.74) is 0.714. The number of halogens is 1. The van der Waals surface area contributed by atoms with E-state index in [4.69, 9.17) is 16.7 Å². The molecule has 0 saturated heterocycles. The first-order valence-electron chi connectivity index (χ1n) is 8.75. The summed E-state index contributed by atoms with van der Waals surface area (Å²) in [6.45, 7) is 1.93. The van der Waals surface area contributed by atoms with Crippen LogP contribution in [0.4, 0.5) is 4.39 Å². The first kappa shape index (κ1) is 16.4. The smallest absolute Gasteiger partial charge is 0.249 e. The molecule has 2 bridgehead atoms. The highest BCUT2D eigenvalue weighted by molar-refractivity contribution is 7.80. The molecular formula is C18H21FN4OS. The van der Waals surface area contributed by atoms with Crippen molar-refractivity contribution in [1.82, 2.24) is 20.8 Å². The highest BCUT2D eigenvalue weighted by atomic mass is 32.1. The second kappa shape index (κ2) is 6.71. The number of hydrogen-bond acceptors (Lipinski definition) is 4. The maximum absolute atomic E-state index is 13.0. The first-order valence-corrected chi connectivity index (χ1v) is 9.16. The molecule has 1 aromatic carbocycles. The molecule has 2 saturated carbocycles. The second-order valence-electron chi connectivity index (χ2n) is 7.08. The molecule has 0 spiro atoms. The van der Waals surface area contributed by atoms with Crippen LogP contribution in [0.1, 0.15) is 44.5 Å². The SMILES string of the molecule is C[C@H](NC(=S)N[C@H]1C[C@H]2CC[C@H]1C2)c1nc(-c2ccc(F)cc2)no1. The van der Waals surface area contributed by atoms with Crippen LogP contribution in [0.15, 0.2) is 28.8 Å². The number of hydrogen-bond donors (Lipinski definition) is 2. The number of aromatic nitrogens is 2. The van der Waals surface area contributed by atoms with E-state index in [0.29, 0.717) is 28.4 Å². The Labute approximate surface area is 151 Å². The highest BCUT2D eigenvalue weighted by Crippen LogP contribution is 2.44. The summed E-state index contributed by atoms with van der Waals surface area (Å²) in [5.74, 6) is 2.23. The van der Waals surface area contributed by atoms with Gasteiger partial charge in [0.2, 0.25) is 11.7 Å². The fraction of sp³-hybridized carbons (Fsp3) is 0.500. The van der Waals surface area contributed by atoms with Crippen molar-refractivity contribution in [3.05, 3.63) is 36.0 Å². The molecule has 2 N–H and O–H groups in total. The molecule has 1 aromatic heterocycles. The summed E-state index contributed by atoms with van der Waals surface area (Å²) >= 11 is 5.44. The van der Waals surface area contributed by atoms with Gasteiger partial charge in [0.05, 0.1) is 0 Å². The van der Waals surface area contributed by atoms with Gasteiger partial charge in [-0.3, -0.25) is 0 Å². The van der Waals surface area contributed by atoms with Crippen LogP contribution < -0.4 is 10.6 Å². The molecule has 7 heteroatoms. The lowest BCUT2D eigenvalue weighted by Gasteiger charge is -2.25. The second-order valence-corrected chi connectivity index (χ2v) is 7.49. The Balaban J connectivity index is 1.35. The van der Waals surface area contributed by atoms with E-state index >= 15 is 0 Å². The molecule has 4 atom stereocenters. The molecule has 1 heterocycles. The predicted molar refractivity (Wildman–Crippen MR) is 96.2 cm³/mol. The Morgan fingerprint density at radius 2 is 2.08 bits per heavy atom. The number of fused-ring (bicyclic) bond motifs is 2. The fourth-order valence-electron chi connectivity index (χ4n) is 4.02. The Kier molecular flexibility index (Phi) is 4.41. The van der Waals surface area contributed by atoms with E-state index in [2.05, 4.69) is 20.8 Å². The van der Waals surface area contributed by atoms with Crippen LogP contribution in [0.2, 0.25) is 0 Å². The van der Waals surface area contributed by atoms with E-state index in [-0.39, 0.29) is 11.9 Å². The van der Waals surface area contributed by atoms with Crippen molar-refractivity contribution in [3.63, 3.8) is 0 Å². The Bertz CT molecular complexity index is 763. The van der Waals surface area contributed by atoms with Crippen molar-refractivity contribution < 1.29 is 8.91 Å². The molecule has 0 unspecified atom stereocenters. The Morgan fingerprint density at radius 1 is 1.28 bits per heavy atom. The van der Waals surface area contributed by atoms with Gasteiger partial charge in [-0.2, -0.15) is 4.98 Å². The van der Waals surface area contributed by atoms with Gasteiger partial charge < -0.3 is 15.2 Å². The summed E-state index contributed by atoms with van der Waals surface area (Å²) in [6, 6.07) is 6.30. The number of rotatable bonds is 4. The normalized spacial score (nSPS) is 25.8. The number of nitrogens with zero attached hydrogens (tertiary/aromatic N) is 2. The molecule has 25 heavy (non-hydrogen) atoms. The van der Waals surface area contributed by atoms with Crippen LogP contribution in [0, 0.1) is 17.7 Å². The molecule has 0 amide bonds. The summed E-state index contributed by atoms with van der Waals surface area (Å²) in [7, 11) is 0. The predicted octanol–water partition coefficient (Wildman–Crippen LogP) is 3.59. The highest BCUT2D eigenvalue weighted by Gasteiger charge is 2.39. The zero-order chi connectivity index (χ0) is 17.4. The molecule has 4 rings (SSSR count). The average Bonchev–Trinajstić information content (AvgIpc) is 3.32. The molecule has 2 fully saturated rings. The minimum Gasteiger partial charge on any atom is -0.360 e.